The van der Waals surface area contributed by atoms with Gasteiger partial charge in [0.2, 0.25) is 15.9 Å². The molecule has 0 saturated heterocycles. The number of ether oxygens (including phenoxy) is 1. The first-order valence-corrected chi connectivity index (χ1v) is 13.3. The number of nitrogens with zero attached hydrogens (tertiary/aromatic N) is 2. The molecule has 1 heterocycles. The molecular weight excluding hydrogens is 460 g/mol. The van der Waals surface area contributed by atoms with Crippen molar-refractivity contribution in [3.8, 4) is 5.75 Å². The summed E-state index contributed by atoms with van der Waals surface area (Å²) in [5, 5.41) is 0. The molecule has 3 aromatic carbocycles. The van der Waals surface area contributed by atoms with Crippen molar-refractivity contribution in [2.24, 2.45) is 5.92 Å². The zero-order chi connectivity index (χ0) is 25.2. The molecule has 0 bridgehead atoms. The maximum Gasteiger partial charge on any atom is 0.243 e. The standard InChI is InChI=1S/C28H32N2O4S/c1-20(2)28(31)30(25-11-8-21(3)9-12-25)18-23-10-13-27-24(17-23)19-29(14-15-34-27)35(32,33)26-7-5-6-22(4)16-26/h5-13,16-17,20H,14-15,18-19H2,1-4H3. The second kappa shape index (κ2) is 10.2. The van der Waals surface area contributed by atoms with Gasteiger partial charge in [-0.3, -0.25) is 4.79 Å². The van der Waals surface area contributed by atoms with Gasteiger partial charge >= 0.3 is 0 Å². The highest BCUT2D eigenvalue weighted by atomic mass is 32.2. The summed E-state index contributed by atoms with van der Waals surface area (Å²) in [5.41, 5.74) is 4.56. The van der Waals surface area contributed by atoms with E-state index in [-0.39, 0.29) is 36.4 Å². The van der Waals surface area contributed by atoms with Crippen LogP contribution in [-0.4, -0.2) is 31.8 Å². The molecule has 1 aliphatic heterocycles. The van der Waals surface area contributed by atoms with Crippen LogP contribution in [0, 0.1) is 19.8 Å². The molecule has 0 saturated carbocycles. The molecule has 35 heavy (non-hydrogen) atoms. The van der Waals surface area contributed by atoms with Crippen LogP contribution in [0.1, 0.15) is 36.1 Å². The SMILES string of the molecule is Cc1ccc(N(Cc2ccc3c(c2)CN(S(=O)(=O)c2cccc(C)c2)CCO3)C(=O)C(C)C)cc1. The molecule has 4 rings (SSSR count). The van der Waals surface area contributed by atoms with E-state index in [0.29, 0.717) is 12.3 Å². The fourth-order valence-electron chi connectivity index (χ4n) is 4.17. The summed E-state index contributed by atoms with van der Waals surface area (Å²) in [5.74, 6) is 0.548. The van der Waals surface area contributed by atoms with Gasteiger partial charge in [0.25, 0.3) is 0 Å². The third-order valence-corrected chi connectivity index (χ3v) is 7.98. The lowest BCUT2D eigenvalue weighted by Gasteiger charge is -2.25. The van der Waals surface area contributed by atoms with Crippen LogP contribution in [0.5, 0.6) is 5.75 Å². The summed E-state index contributed by atoms with van der Waals surface area (Å²) in [6.45, 7) is 8.82. The number of anilines is 1. The summed E-state index contributed by atoms with van der Waals surface area (Å²) in [6.07, 6.45) is 0. The molecular formula is C28H32N2O4S. The number of rotatable bonds is 6. The van der Waals surface area contributed by atoms with E-state index in [1.165, 1.54) is 4.31 Å². The first kappa shape index (κ1) is 24.9. The molecule has 0 aromatic heterocycles. The van der Waals surface area contributed by atoms with Gasteiger partial charge in [-0.2, -0.15) is 4.31 Å². The van der Waals surface area contributed by atoms with Gasteiger partial charge in [0.15, 0.2) is 0 Å². The van der Waals surface area contributed by atoms with Gasteiger partial charge in [0.1, 0.15) is 12.4 Å². The van der Waals surface area contributed by atoms with Crippen LogP contribution in [-0.2, 0) is 27.9 Å². The van der Waals surface area contributed by atoms with Crippen LogP contribution in [0.25, 0.3) is 0 Å². The fraction of sp³-hybridized carbons (Fsp3) is 0.321. The minimum atomic E-state index is -3.67. The van der Waals surface area contributed by atoms with Crippen LogP contribution in [0.2, 0.25) is 0 Å². The second-order valence-corrected chi connectivity index (χ2v) is 11.3. The normalized spacial score (nSPS) is 14.2. The number of aryl methyl sites for hydroxylation is 2. The quantitative estimate of drug-likeness (QED) is 0.482. The van der Waals surface area contributed by atoms with Gasteiger partial charge in [-0.1, -0.05) is 49.7 Å². The van der Waals surface area contributed by atoms with E-state index in [0.717, 1.165) is 27.9 Å². The Morgan fingerprint density at radius 3 is 2.43 bits per heavy atom. The molecule has 0 unspecified atom stereocenters. The predicted octanol–water partition coefficient (Wildman–Crippen LogP) is 5.08. The van der Waals surface area contributed by atoms with Crippen molar-refractivity contribution in [3.05, 3.63) is 89.0 Å². The number of amides is 1. The summed E-state index contributed by atoms with van der Waals surface area (Å²) in [6, 6.07) is 20.6. The maximum atomic E-state index is 13.4. The maximum absolute atomic E-state index is 13.4. The van der Waals surface area contributed by atoms with Crippen LogP contribution in [0.4, 0.5) is 5.69 Å². The van der Waals surface area contributed by atoms with Gasteiger partial charge < -0.3 is 9.64 Å². The summed E-state index contributed by atoms with van der Waals surface area (Å²) >= 11 is 0. The Hall–Kier alpha value is -3.16. The number of fused-ring (bicyclic) bond motifs is 1. The Bertz CT molecular complexity index is 1320. The lowest BCUT2D eigenvalue weighted by molar-refractivity contribution is -0.121. The van der Waals surface area contributed by atoms with Gasteiger partial charge in [0, 0.05) is 30.3 Å². The summed E-state index contributed by atoms with van der Waals surface area (Å²) in [4.78, 5) is 15.1. The van der Waals surface area contributed by atoms with Crippen molar-refractivity contribution in [1.82, 2.24) is 4.31 Å². The average Bonchev–Trinajstić information content (AvgIpc) is 3.05. The lowest BCUT2D eigenvalue weighted by atomic mass is 10.1. The van der Waals surface area contributed by atoms with Gasteiger partial charge in [-0.25, -0.2) is 8.42 Å². The van der Waals surface area contributed by atoms with E-state index >= 15 is 0 Å². The van der Waals surface area contributed by atoms with Crippen LogP contribution in [0.15, 0.2) is 71.6 Å². The predicted molar refractivity (Wildman–Crippen MR) is 138 cm³/mol. The topological polar surface area (TPSA) is 66.9 Å². The molecule has 0 radical (unpaired) electrons. The highest BCUT2D eigenvalue weighted by Gasteiger charge is 2.28. The van der Waals surface area contributed by atoms with E-state index in [2.05, 4.69) is 0 Å². The first-order chi connectivity index (χ1) is 16.6. The molecule has 3 aromatic rings. The smallest absolute Gasteiger partial charge is 0.243 e. The Balaban J connectivity index is 1.64. The van der Waals surface area contributed by atoms with E-state index < -0.39 is 10.0 Å². The fourth-order valence-corrected chi connectivity index (χ4v) is 5.67. The molecule has 0 aliphatic carbocycles. The van der Waals surface area contributed by atoms with Crippen LogP contribution in [0.3, 0.4) is 0 Å². The number of hydrogen-bond donors (Lipinski definition) is 0. The van der Waals surface area contributed by atoms with E-state index in [4.69, 9.17) is 4.74 Å². The molecule has 7 heteroatoms. The molecule has 0 fully saturated rings. The lowest BCUT2D eigenvalue weighted by Crippen LogP contribution is -2.34. The molecule has 184 valence electrons. The molecule has 1 aliphatic rings. The third kappa shape index (κ3) is 5.57. The Labute approximate surface area is 208 Å². The summed E-state index contributed by atoms with van der Waals surface area (Å²) < 4.78 is 34.1. The van der Waals surface area contributed by atoms with Crippen molar-refractivity contribution in [2.75, 3.05) is 18.1 Å². The van der Waals surface area contributed by atoms with E-state index in [1.54, 1.807) is 23.1 Å². The van der Waals surface area contributed by atoms with Gasteiger partial charge in [-0.05, 0) is 61.4 Å². The Kier molecular flexibility index (Phi) is 7.28. The van der Waals surface area contributed by atoms with Crippen molar-refractivity contribution >= 4 is 21.6 Å². The number of carbonyl (C=O) groups is 1. The molecule has 0 spiro atoms. The largest absolute Gasteiger partial charge is 0.492 e. The molecule has 6 nitrogen and oxygen atoms in total. The van der Waals surface area contributed by atoms with E-state index in [1.807, 2.05) is 76.2 Å². The van der Waals surface area contributed by atoms with Crippen LogP contribution < -0.4 is 9.64 Å². The zero-order valence-electron chi connectivity index (χ0n) is 20.7. The highest BCUT2D eigenvalue weighted by Crippen LogP contribution is 2.29. The van der Waals surface area contributed by atoms with Gasteiger partial charge in [-0.15, -0.1) is 0 Å². The number of sulfonamides is 1. The Morgan fingerprint density at radius 1 is 1.00 bits per heavy atom. The first-order valence-electron chi connectivity index (χ1n) is 11.8. The van der Waals surface area contributed by atoms with Crippen molar-refractivity contribution in [2.45, 2.75) is 45.7 Å². The summed E-state index contributed by atoms with van der Waals surface area (Å²) in [7, 11) is -3.67. The molecule has 0 atom stereocenters. The minimum Gasteiger partial charge on any atom is -0.492 e. The number of carbonyl (C=O) groups excluding carboxylic acids is 1. The number of benzene rings is 3. The van der Waals surface area contributed by atoms with Crippen molar-refractivity contribution in [1.29, 1.82) is 0 Å². The number of hydrogen-bond acceptors (Lipinski definition) is 4. The second-order valence-electron chi connectivity index (χ2n) is 9.36. The monoisotopic (exact) mass is 492 g/mol. The third-order valence-electron chi connectivity index (χ3n) is 6.14. The van der Waals surface area contributed by atoms with E-state index in [9.17, 15) is 13.2 Å². The molecule has 1 amide bonds. The Morgan fingerprint density at radius 2 is 1.74 bits per heavy atom. The van der Waals surface area contributed by atoms with Crippen molar-refractivity contribution in [3.63, 3.8) is 0 Å². The average molecular weight is 493 g/mol. The van der Waals surface area contributed by atoms with Crippen LogP contribution >= 0.6 is 0 Å². The molecule has 0 N–H and O–H groups in total. The highest BCUT2D eigenvalue weighted by molar-refractivity contribution is 7.89. The van der Waals surface area contributed by atoms with Crippen molar-refractivity contribution < 1.29 is 17.9 Å². The minimum absolute atomic E-state index is 0.0312. The van der Waals surface area contributed by atoms with Gasteiger partial charge in [0.05, 0.1) is 11.4 Å². The zero-order valence-corrected chi connectivity index (χ0v) is 21.5.